The highest BCUT2D eigenvalue weighted by Gasteiger charge is 2.39. The van der Waals surface area contributed by atoms with E-state index < -0.39 is 6.04 Å². The molecule has 6 nitrogen and oxygen atoms in total. The molecule has 0 bridgehead atoms. The summed E-state index contributed by atoms with van der Waals surface area (Å²) < 4.78 is 10.5. The van der Waals surface area contributed by atoms with Crippen LogP contribution in [0.4, 0.5) is 11.4 Å². The van der Waals surface area contributed by atoms with Gasteiger partial charge < -0.3 is 14.8 Å². The lowest BCUT2D eigenvalue weighted by Crippen LogP contribution is -2.34. The number of hydrogen-bond acceptors (Lipinski definition) is 5. The summed E-state index contributed by atoms with van der Waals surface area (Å²) in [5.41, 5.74) is 1.08. The number of methoxy groups -OCH3 is 2. The summed E-state index contributed by atoms with van der Waals surface area (Å²) in [5.74, 6) is 0.556. The van der Waals surface area contributed by atoms with Gasteiger partial charge in [0, 0.05) is 11.1 Å². The highest BCUT2D eigenvalue weighted by molar-refractivity contribution is 6.31. The number of imide groups is 1. The molecule has 2 aromatic rings. The Hall–Kier alpha value is -2.73. The molecule has 0 aromatic heterocycles. The summed E-state index contributed by atoms with van der Waals surface area (Å²) in [4.78, 5) is 26.2. The molecule has 25 heavy (non-hydrogen) atoms. The number of ether oxygens (including phenoxy) is 2. The smallest absolute Gasteiger partial charge is 0.256 e. The van der Waals surface area contributed by atoms with Crippen molar-refractivity contribution in [1.29, 1.82) is 0 Å². The molecule has 2 aromatic carbocycles. The number of carbonyl (C=O) groups is 2. The van der Waals surface area contributed by atoms with Gasteiger partial charge in [-0.1, -0.05) is 17.7 Å². The number of nitrogens with one attached hydrogen (secondary N) is 1. The number of hydrogen-bond donors (Lipinski definition) is 1. The van der Waals surface area contributed by atoms with Gasteiger partial charge in [0.25, 0.3) is 5.91 Å². The molecule has 0 radical (unpaired) electrons. The second-order valence-electron chi connectivity index (χ2n) is 5.51. The molecule has 3 rings (SSSR count). The number of carbonyl (C=O) groups excluding carboxylic acids is 2. The van der Waals surface area contributed by atoms with Crippen molar-refractivity contribution in [1.82, 2.24) is 0 Å². The van der Waals surface area contributed by atoms with Crippen LogP contribution in [0.2, 0.25) is 5.02 Å². The lowest BCUT2D eigenvalue weighted by atomic mass is 10.2. The van der Waals surface area contributed by atoms with Crippen molar-refractivity contribution >= 4 is 34.8 Å². The Labute approximate surface area is 150 Å². The largest absolute Gasteiger partial charge is 0.497 e. The average molecular weight is 361 g/mol. The summed E-state index contributed by atoms with van der Waals surface area (Å²) in [7, 11) is 3.09. The zero-order valence-electron chi connectivity index (χ0n) is 13.8. The minimum Gasteiger partial charge on any atom is -0.497 e. The predicted molar refractivity (Wildman–Crippen MR) is 95.5 cm³/mol. The lowest BCUT2D eigenvalue weighted by molar-refractivity contribution is -0.121. The molecule has 1 atom stereocenters. The number of amides is 2. The fraction of sp³-hybridized carbons (Fsp3) is 0.222. The third kappa shape index (κ3) is 3.39. The van der Waals surface area contributed by atoms with Crippen molar-refractivity contribution in [2.75, 3.05) is 24.4 Å². The molecule has 0 saturated carbocycles. The molecule has 0 spiro atoms. The molecule has 1 aliphatic rings. The maximum absolute atomic E-state index is 12.7. The number of anilines is 2. The van der Waals surface area contributed by atoms with E-state index in [9.17, 15) is 9.59 Å². The van der Waals surface area contributed by atoms with E-state index in [1.54, 1.807) is 49.6 Å². The van der Waals surface area contributed by atoms with E-state index in [1.165, 1.54) is 7.11 Å². The summed E-state index contributed by atoms with van der Waals surface area (Å²) in [6, 6.07) is 11.2. The van der Waals surface area contributed by atoms with Gasteiger partial charge in [0.15, 0.2) is 0 Å². The topological polar surface area (TPSA) is 67.9 Å². The standard InChI is InChI=1S/C18H17ClN2O4/c1-24-13-6-7-14(16(9-13)25-2)20-15-10-17(22)21(18(15)23)12-5-3-4-11(19)8-12/h3-9,15,20H,10H2,1-2H3/t15-/m0/s1. The normalized spacial score (nSPS) is 16.9. The number of nitrogens with zero attached hydrogens (tertiary/aromatic N) is 1. The summed E-state index contributed by atoms with van der Waals surface area (Å²) in [6.07, 6.45) is 0.0561. The van der Waals surface area contributed by atoms with Crippen molar-refractivity contribution < 1.29 is 19.1 Å². The quantitative estimate of drug-likeness (QED) is 0.830. The van der Waals surface area contributed by atoms with Crippen LogP contribution in [0.3, 0.4) is 0 Å². The van der Waals surface area contributed by atoms with Gasteiger partial charge in [-0.2, -0.15) is 0 Å². The molecule has 7 heteroatoms. The van der Waals surface area contributed by atoms with Crippen molar-refractivity contribution in [2.24, 2.45) is 0 Å². The molecule has 0 unspecified atom stereocenters. The minimum absolute atomic E-state index is 0.0561. The zero-order valence-corrected chi connectivity index (χ0v) is 14.5. The second-order valence-corrected chi connectivity index (χ2v) is 5.95. The molecule has 2 amide bonds. The Kier molecular flexibility index (Phi) is 4.81. The number of rotatable bonds is 5. The first kappa shape index (κ1) is 17.1. The monoisotopic (exact) mass is 360 g/mol. The predicted octanol–water partition coefficient (Wildman–Crippen LogP) is 3.10. The molecular weight excluding hydrogens is 344 g/mol. The van der Waals surface area contributed by atoms with Gasteiger partial charge in [0.2, 0.25) is 5.91 Å². The first-order valence-electron chi connectivity index (χ1n) is 7.64. The average Bonchev–Trinajstić information content (AvgIpc) is 2.88. The van der Waals surface area contributed by atoms with Crippen molar-refractivity contribution in [3.8, 4) is 11.5 Å². The molecule has 130 valence electrons. The van der Waals surface area contributed by atoms with Gasteiger partial charge in [-0.15, -0.1) is 0 Å². The van der Waals surface area contributed by atoms with Crippen LogP contribution in [-0.4, -0.2) is 32.1 Å². The van der Waals surface area contributed by atoms with Crippen LogP contribution in [0.1, 0.15) is 6.42 Å². The third-order valence-corrected chi connectivity index (χ3v) is 4.19. The Morgan fingerprint density at radius 1 is 1.12 bits per heavy atom. The number of halogens is 1. The van der Waals surface area contributed by atoms with Crippen LogP contribution < -0.4 is 19.7 Å². The van der Waals surface area contributed by atoms with Crippen LogP contribution >= 0.6 is 11.6 Å². The third-order valence-electron chi connectivity index (χ3n) is 3.95. The van der Waals surface area contributed by atoms with Crippen molar-refractivity contribution in [2.45, 2.75) is 12.5 Å². The SMILES string of the molecule is COc1ccc(N[C@H]2CC(=O)N(c3cccc(Cl)c3)C2=O)c(OC)c1. The van der Waals surface area contributed by atoms with Crippen molar-refractivity contribution in [3.05, 3.63) is 47.5 Å². The van der Waals surface area contributed by atoms with E-state index >= 15 is 0 Å². The first-order valence-corrected chi connectivity index (χ1v) is 8.02. The molecule has 1 fully saturated rings. The maximum Gasteiger partial charge on any atom is 0.256 e. The second kappa shape index (κ2) is 7.03. The molecule has 1 saturated heterocycles. The maximum atomic E-state index is 12.7. The fourth-order valence-corrected chi connectivity index (χ4v) is 2.92. The molecule has 1 N–H and O–H groups in total. The summed E-state index contributed by atoms with van der Waals surface area (Å²) in [5, 5.41) is 3.54. The van der Waals surface area contributed by atoms with E-state index in [0.717, 1.165) is 4.90 Å². The highest BCUT2D eigenvalue weighted by atomic mass is 35.5. The Morgan fingerprint density at radius 2 is 1.92 bits per heavy atom. The van der Waals surface area contributed by atoms with E-state index in [4.69, 9.17) is 21.1 Å². The van der Waals surface area contributed by atoms with Gasteiger partial charge in [-0.25, -0.2) is 4.90 Å². The molecule has 1 aliphatic heterocycles. The highest BCUT2D eigenvalue weighted by Crippen LogP contribution is 2.32. The van der Waals surface area contributed by atoms with E-state index in [0.29, 0.717) is 27.9 Å². The molecular formula is C18H17ClN2O4. The van der Waals surface area contributed by atoms with Gasteiger partial charge in [-0.05, 0) is 30.3 Å². The van der Waals surface area contributed by atoms with Crippen LogP contribution in [0, 0.1) is 0 Å². The minimum atomic E-state index is -0.672. The summed E-state index contributed by atoms with van der Waals surface area (Å²) >= 11 is 5.96. The van der Waals surface area contributed by atoms with E-state index in [2.05, 4.69) is 5.32 Å². The Bertz CT molecular complexity index is 824. The molecule has 1 heterocycles. The lowest BCUT2D eigenvalue weighted by Gasteiger charge is -2.18. The first-order chi connectivity index (χ1) is 12.0. The Balaban J connectivity index is 1.83. The van der Waals surface area contributed by atoms with Gasteiger partial charge in [0.1, 0.15) is 17.5 Å². The zero-order chi connectivity index (χ0) is 18.0. The summed E-state index contributed by atoms with van der Waals surface area (Å²) in [6.45, 7) is 0. The van der Waals surface area contributed by atoms with Crippen molar-refractivity contribution in [3.63, 3.8) is 0 Å². The van der Waals surface area contributed by atoms with Gasteiger partial charge in [-0.3, -0.25) is 9.59 Å². The van der Waals surface area contributed by atoms with E-state index in [-0.39, 0.29) is 18.2 Å². The van der Waals surface area contributed by atoms with Crippen LogP contribution in [0.25, 0.3) is 0 Å². The van der Waals surface area contributed by atoms with Crippen LogP contribution in [0.5, 0.6) is 11.5 Å². The van der Waals surface area contributed by atoms with Crippen LogP contribution in [0.15, 0.2) is 42.5 Å². The van der Waals surface area contributed by atoms with Gasteiger partial charge in [0.05, 0.1) is 32.0 Å². The van der Waals surface area contributed by atoms with E-state index in [1.807, 2.05) is 0 Å². The number of benzene rings is 2. The van der Waals surface area contributed by atoms with Gasteiger partial charge >= 0.3 is 0 Å². The van der Waals surface area contributed by atoms with Crippen LogP contribution in [-0.2, 0) is 9.59 Å². The fourth-order valence-electron chi connectivity index (χ4n) is 2.74. The molecule has 0 aliphatic carbocycles. The Morgan fingerprint density at radius 3 is 2.60 bits per heavy atom.